The quantitative estimate of drug-likeness (QED) is 0.903. The van der Waals surface area contributed by atoms with E-state index in [1.54, 1.807) is 0 Å². The van der Waals surface area contributed by atoms with Gasteiger partial charge in [0.15, 0.2) is 0 Å². The van der Waals surface area contributed by atoms with Crippen LogP contribution in [0.1, 0.15) is 43.1 Å². The lowest BCUT2D eigenvalue weighted by molar-refractivity contribution is 0.845. The van der Waals surface area contributed by atoms with Crippen LogP contribution in [0.5, 0.6) is 0 Å². The largest absolute Gasteiger partial charge is 0.383 e. The van der Waals surface area contributed by atoms with Crippen LogP contribution in [0.25, 0.3) is 0 Å². The number of thioether (sulfide) groups is 2. The Hall–Kier alpha value is -0.420. The highest BCUT2D eigenvalue weighted by Gasteiger charge is 2.29. The number of hydrogen-bond donors (Lipinski definition) is 1. The minimum Gasteiger partial charge on any atom is -0.383 e. The first kappa shape index (κ1) is 14.0. The van der Waals surface area contributed by atoms with Gasteiger partial charge in [0.05, 0.1) is 5.25 Å². The molecular formula is C13H21N3S2. The predicted octanol–water partition coefficient (Wildman–Crippen LogP) is 3.23. The van der Waals surface area contributed by atoms with E-state index in [-0.39, 0.29) is 0 Å². The molecular weight excluding hydrogens is 262 g/mol. The number of anilines is 1. The highest BCUT2D eigenvalue weighted by atomic mass is 32.2. The van der Waals surface area contributed by atoms with Crippen LogP contribution in [-0.4, -0.2) is 26.2 Å². The Morgan fingerprint density at radius 3 is 2.56 bits per heavy atom. The molecule has 1 saturated heterocycles. The number of rotatable bonds is 2. The average Bonchev–Trinajstić information content (AvgIpc) is 2.32. The Bertz CT molecular complexity index is 413. The lowest BCUT2D eigenvalue weighted by Gasteiger charge is -2.30. The molecule has 0 spiro atoms. The lowest BCUT2D eigenvalue weighted by atomic mass is 10.1. The van der Waals surface area contributed by atoms with Crippen molar-refractivity contribution in [2.45, 2.75) is 49.9 Å². The van der Waals surface area contributed by atoms with Crippen molar-refractivity contribution in [3.8, 4) is 0 Å². The van der Waals surface area contributed by atoms with Gasteiger partial charge < -0.3 is 5.73 Å². The summed E-state index contributed by atoms with van der Waals surface area (Å²) in [5.74, 6) is 2.66. The van der Waals surface area contributed by atoms with Gasteiger partial charge in [-0.2, -0.15) is 11.8 Å². The summed E-state index contributed by atoms with van der Waals surface area (Å²) in [4.78, 5) is 9.18. The zero-order chi connectivity index (χ0) is 13.3. The van der Waals surface area contributed by atoms with Gasteiger partial charge in [-0.25, -0.2) is 9.97 Å². The van der Waals surface area contributed by atoms with E-state index in [4.69, 9.17) is 5.73 Å². The van der Waals surface area contributed by atoms with E-state index in [0.29, 0.717) is 21.6 Å². The van der Waals surface area contributed by atoms with Gasteiger partial charge in [0.25, 0.3) is 0 Å². The molecule has 18 heavy (non-hydrogen) atoms. The van der Waals surface area contributed by atoms with Crippen LogP contribution in [-0.2, 0) is 6.42 Å². The maximum atomic E-state index is 6.03. The van der Waals surface area contributed by atoms with Gasteiger partial charge in [0.1, 0.15) is 11.6 Å². The van der Waals surface area contributed by atoms with Crippen LogP contribution in [0.4, 0.5) is 5.82 Å². The van der Waals surface area contributed by atoms with Gasteiger partial charge in [-0.15, -0.1) is 11.8 Å². The van der Waals surface area contributed by atoms with E-state index in [9.17, 15) is 0 Å². The summed E-state index contributed by atoms with van der Waals surface area (Å²) in [6.07, 6.45) is 0.901. The van der Waals surface area contributed by atoms with Gasteiger partial charge in [0.2, 0.25) is 0 Å². The van der Waals surface area contributed by atoms with E-state index in [1.807, 2.05) is 30.4 Å². The highest BCUT2D eigenvalue weighted by Crippen LogP contribution is 2.43. The standard InChI is InChI=1S/C13H21N3S2/c1-5-10-7(2)15-13(16-12(10)14)11-6-17-8(3)9(4)18-11/h8-9,11H,5-6H2,1-4H3,(H2,14,15,16). The van der Waals surface area contributed by atoms with Crippen LogP contribution in [0.3, 0.4) is 0 Å². The molecule has 0 amide bonds. The van der Waals surface area contributed by atoms with E-state index in [2.05, 4.69) is 30.7 Å². The Kier molecular flexibility index (Phi) is 4.43. The fourth-order valence-corrected chi connectivity index (χ4v) is 4.98. The monoisotopic (exact) mass is 283 g/mol. The van der Waals surface area contributed by atoms with Crippen molar-refractivity contribution in [3.05, 3.63) is 17.1 Å². The molecule has 1 fully saturated rings. The van der Waals surface area contributed by atoms with Crippen molar-refractivity contribution in [1.29, 1.82) is 0 Å². The smallest absolute Gasteiger partial charge is 0.144 e. The summed E-state index contributed by atoms with van der Waals surface area (Å²) in [6, 6.07) is 0. The summed E-state index contributed by atoms with van der Waals surface area (Å²) in [7, 11) is 0. The van der Waals surface area contributed by atoms with Gasteiger partial charge in [-0.1, -0.05) is 20.8 Å². The van der Waals surface area contributed by atoms with Gasteiger partial charge in [0, 0.05) is 27.5 Å². The molecule has 0 radical (unpaired) electrons. The molecule has 0 saturated carbocycles. The molecule has 0 aliphatic carbocycles. The molecule has 1 aliphatic rings. The molecule has 2 N–H and O–H groups in total. The molecule has 1 aromatic heterocycles. The normalized spacial score (nSPS) is 28.3. The van der Waals surface area contributed by atoms with E-state index >= 15 is 0 Å². The Labute approximate surface area is 118 Å². The van der Waals surface area contributed by atoms with Gasteiger partial charge in [-0.05, 0) is 13.3 Å². The Morgan fingerprint density at radius 1 is 1.28 bits per heavy atom. The van der Waals surface area contributed by atoms with E-state index < -0.39 is 0 Å². The van der Waals surface area contributed by atoms with Crippen LogP contribution >= 0.6 is 23.5 Å². The minimum atomic E-state index is 0.383. The zero-order valence-electron chi connectivity index (χ0n) is 11.4. The van der Waals surface area contributed by atoms with E-state index in [1.165, 1.54) is 0 Å². The van der Waals surface area contributed by atoms with Crippen molar-refractivity contribution in [3.63, 3.8) is 0 Å². The van der Waals surface area contributed by atoms with Gasteiger partial charge >= 0.3 is 0 Å². The Balaban J connectivity index is 2.24. The van der Waals surface area contributed by atoms with Gasteiger partial charge in [-0.3, -0.25) is 0 Å². The molecule has 0 aromatic carbocycles. The Morgan fingerprint density at radius 2 is 2.00 bits per heavy atom. The fraction of sp³-hybridized carbons (Fsp3) is 0.692. The summed E-state index contributed by atoms with van der Waals surface area (Å²) in [6.45, 7) is 8.70. The first-order valence-corrected chi connectivity index (χ1v) is 8.42. The van der Waals surface area contributed by atoms with Crippen LogP contribution in [0.15, 0.2) is 0 Å². The average molecular weight is 283 g/mol. The van der Waals surface area contributed by atoms with Crippen molar-refractivity contribution >= 4 is 29.3 Å². The second-order valence-electron chi connectivity index (χ2n) is 4.75. The first-order chi connectivity index (χ1) is 8.52. The number of aromatic nitrogens is 2. The van der Waals surface area contributed by atoms with Crippen LogP contribution in [0.2, 0.25) is 0 Å². The summed E-state index contributed by atoms with van der Waals surface area (Å²) < 4.78 is 0. The fourth-order valence-electron chi connectivity index (χ4n) is 2.14. The molecule has 3 nitrogen and oxygen atoms in total. The zero-order valence-corrected chi connectivity index (χ0v) is 13.1. The van der Waals surface area contributed by atoms with Crippen LogP contribution < -0.4 is 5.73 Å². The molecule has 5 heteroatoms. The van der Waals surface area contributed by atoms with Crippen LogP contribution in [0, 0.1) is 6.92 Å². The third-order valence-electron chi connectivity index (χ3n) is 3.46. The van der Waals surface area contributed by atoms with Crippen molar-refractivity contribution in [2.24, 2.45) is 0 Å². The number of nitrogens with two attached hydrogens (primary N) is 1. The molecule has 1 aliphatic heterocycles. The number of hydrogen-bond acceptors (Lipinski definition) is 5. The molecule has 2 rings (SSSR count). The number of nitrogens with zero attached hydrogens (tertiary/aromatic N) is 2. The molecule has 2 heterocycles. The third kappa shape index (κ3) is 2.77. The minimum absolute atomic E-state index is 0.383. The number of nitrogen functional groups attached to an aromatic ring is 1. The third-order valence-corrected chi connectivity index (χ3v) is 6.84. The summed E-state index contributed by atoms with van der Waals surface area (Å²) in [5, 5.41) is 1.73. The van der Waals surface area contributed by atoms with Crippen molar-refractivity contribution < 1.29 is 0 Å². The summed E-state index contributed by atoms with van der Waals surface area (Å²) in [5.41, 5.74) is 8.16. The first-order valence-electron chi connectivity index (χ1n) is 6.42. The molecule has 1 aromatic rings. The summed E-state index contributed by atoms with van der Waals surface area (Å²) >= 11 is 3.99. The maximum absolute atomic E-state index is 6.03. The molecule has 0 bridgehead atoms. The second kappa shape index (κ2) is 5.70. The highest BCUT2D eigenvalue weighted by molar-refractivity contribution is 8.07. The second-order valence-corrected chi connectivity index (χ2v) is 7.75. The van der Waals surface area contributed by atoms with Crippen molar-refractivity contribution in [2.75, 3.05) is 11.5 Å². The topological polar surface area (TPSA) is 51.8 Å². The van der Waals surface area contributed by atoms with E-state index in [0.717, 1.165) is 29.3 Å². The lowest BCUT2D eigenvalue weighted by Crippen LogP contribution is -2.23. The molecule has 3 unspecified atom stereocenters. The maximum Gasteiger partial charge on any atom is 0.144 e. The van der Waals surface area contributed by atoms with Crippen molar-refractivity contribution in [1.82, 2.24) is 9.97 Å². The molecule has 3 atom stereocenters. The molecule has 100 valence electrons. The number of aryl methyl sites for hydroxylation is 1. The SMILES string of the molecule is CCc1c(C)nc(C2CSC(C)C(C)S2)nc1N. The predicted molar refractivity (Wildman–Crippen MR) is 82.3 cm³/mol.